The summed E-state index contributed by atoms with van der Waals surface area (Å²) in [6, 6.07) is 9.07. The first kappa shape index (κ1) is 13.8. The number of benzene rings is 1. The fraction of sp³-hybridized carbons (Fsp3) is 0.267. The van der Waals surface area contributed by atoms with Crippen molar-refractivity contribution in [2.45, 2.75) is 25.6 Å². The Kier molecular flexibility index (Phi) is 4.38. The summed E-state index contributed by atoms with van der Waals surface area (Å²) >= 11 is 5.79. The van der Waals surface area contributed by atoms with Gasteiger partial charge in [0.1, 0.15) is 11.6 Å². The van der Waals surface area contributed by atoms with Crippen molar-refractivity contribution in [2.24, 2.45) is 0 Å². The zero-order chi connectivity index (χ0) is 13.8. The Morgan fingerprint density at radius 1 is 1.32 bits per heavy atom. The van der Waals surface area contributed by atoms with E-state index in [0.717, 1.165) is 17.5 Å². The summed E-state index contributed by atoms with van der Waals surface area (Å²) < 4.78 is 18.9. The Morgan fingerprint density at radius 3 is 2.74 bits per heavy atom. The molecule has 19 heavy (non-hydrogen) atoms. The summed E-state index contributed by atoms with van der Waals surface area (Å²) in [5.74, 6) is 1.15. The van der Waals surface area contributed by atoms with Crippen LogP contribution < -0.4 is 4.74 Å². The first-order valence-corrected chi connectivity index (χ1v) is 6.62. The fourth-order valence-electron chi connectivity index (χ4n) is 1.81. The van der Waals surface area contributed by atoms with Gasteiger partial charge in [0.05, 0.1) is 12.1 Å². The van der Waals surface area contributed by atoms with Crippen molar-refractivity contribution in [1.29, 1.82) is 0 Å². The van der Waals surface area contributed by atoms with Crippen molar-refractivity contribution in [2.75, 3.05) is 0 Å². The number of hydrogen-bond donors (Lipinski definition) is 0. The van der Waals surface area contributed by atoms with E-state index in [2.05, 4.69) is 18.8 Å². The molecule has 0 aliphatic carbocycles. The summed E-state index contributed by atoms with van der Waals surface area (Å²) in [5.41, 5.74) is 1.62. The van der Waals surface area contributed by atoms with Crippen LogP contribution in [0.15, 0.2) is 36.5 Å². The summed E-state index contributed by atoms with van der Waals surface area (Å²) in [4.78, 5) is 3.96. The van der Waals surface area contributed by atoms with E-state index < -0.39 is 5.82 Å². The molecular formula is C15H15ClFNO. The van der Waals surface area contributed by atoms with Crippen LogP contribution >= 0.6 is 11.6 Å². The molecule has 0 fully saturated rings. The highest BCUT2D eigenvalue weighted by Crippen LogP contribution is 2.31. The number of rotatable bonds is 4. The van der Waals surface area contributed by atoms with Gasteiger partial charge in [-0.25, -0.2) is 9.37 Å². The number of hydrogen-bond acceptors (Lipinski definition) is 2. The highest BCUT2D eigenvalue weighted by molar-refractivity contribution is 6.17. The lowest BCUT2D eigenvalue weighted by molar-refractivity contribution is 0.446. The van der Waals surface area contributed by atoms with Crippen molar-refractivity contribution in [3.8, 4) is 11.6 Å². The van der Waals surface area contributed by atoms with Gasteiger partial charge >= 0.3 is 0 Å². The summed E-state index contributed by atoms with van der Waals surface area (Å²) in [7, 11) is 0. The summed E-state index contributed by atoms with van der Waals surface area (Å²) in [5, 5.41) is 0. The Hall–Kier alpha value is -1.61. The molecule has 2 aromatic rings. The maximum Gasteiger partial charge on any atom is 0.223 e. The molecule has 100 valence electrons. The molecule has 0 aliphatic rings. The van der Waals surface area contributed by atoms with Gasteiger partial charge < -0.3 is 4.74 Å². The average molecular weight is 280 g/mol. The molecule has 1 heterocycles. The smallest absolute Gasteiger partial charge is 0.223 e. The number of pyridine rings is 1. The molecule has 0 N–H and O–H groups in total. The van der Waals surface area contributed by atoms with E-state index in [1.165, 1.54) is 6.07 Å². The normalized spacial score (nSPS) is 10.8. The fourth-order valence-corrected chi connectivity index (χ4v) is 2.00. The summed E-state index contributed by atoms with van der Waals surface area (Å²) in [6.45, 7) is 4.17. The number of para-hydroxylation sites is 1. The first-order chi connectivity index (χ1) is 9.11. The topological polar surface area (TPSA) is 22.1 Å². The molecule has 2 rings (SSSR count). The predicted molar refractivity (Wildman–Crippen MR) is 74.4 cm³/mol. The quantitative estimate of drug-likeness (QED) is 0.745. The third-order valence-corrected chi connectivity index (χ3v) is 3.07. The van der Waals surface area contributed by atoms with Gasteiger partial charge in [0.15, 0.2) is 0 Å². The molecule has 2 nitrogen and oxygen atoms in total. The summed E-state index contributed by atoms with van der Waals surface area (Å²) in [6.07, 6.45) is 1.13. The number of halogens is 2. The average Bonchev–Trinajstić information content (AvgIpc) is 2.41. The van der Waals surface area contributed by atoms with E-state index in [1.54, 1.807) is 0 Å². The van der Waals surface area contributed by atoms with Crippen molar-refractivity contribution < 1.29 is 9.13 Å². The van der Waals surface area contributed by atoms with Crippen LogP contribution in [-0.2, 0) is 5.88 Å². The molecule has 1 aromatic heterocycles. The Bertz CT molecular complexity index is 572. The third-order valence-electron chi connectivity index (χ3n) is 2.78. The lowest BCUT2D eigenvalue weighted by Crippen LogP contribution is -1.98. The van der Waals surface area contributed by atoms with Crippen molar-refractivity contribution in [3.63, 3.8) is 0 Å². The van der Waals surface area contributed by atoms with E-state index >= 15 is 0 Å². The van der Waals surface area contributed by atoms with E-state index in [0.29, 0.717) is 17.4 Å². The number of nitrogens with zero attached hydrogens (tertiary/aromatic N) is 1. The Balaban J connectivity index is 2.36. The molecule has 0 amide bonds. The molecular weight excluding hydrogens is 265 g/mol. The van der Waals surface area contributed by atoms with Gasteiger partial charge in [-0.3, -0.25) is 0 Å². The maximum absolute atomic E-state index is 13.1. The highest BCUT2D eigenvalue weighted by atomic mass is 35.5. The molecule has 0 unspecified atom stereocenters. The lowest BCUT2D eigenvalue weighted by Gasteiger charge is -2.14. The molecule has 0 saturated heterocycles. The van der Waals surface area contributed by atoms with Crippen LogP contribution in [0.5, 0.6) is 11.6 Å². The monoisotopic (exact) mass is 279 g/mol. The number of aromatic nitrogens is 1. The van der Waals surface area contributed by atoms with Crippen LogP contribution in [-0.4, -0.2) is 4.98 Å². The Morgan fingerprint density at radius 2 is 2.05 bits per heavy atom. The predicted octanol–water partition coefficient (Wildman–Crippen LogP) is 4.88. The molecule has 0 radical (unpaired) electrons. The number of ether oxygens (including phenoxy) is 1. The van der Waals surface area contributed by atoms with Gasteiger partial charge in [-0.15, -0.1) is 11.6 Å². The molecule has 0 bridgehead atoms. The van der Waals surface area contributed by atoms with Gasteiger partial charge in [-0.1, -0.05) is 32.0 Å². The first-order valence-electron chi connectivity index (χ1n) is 6.09. The molecule has 1 aromatic carbocycles. The lowest BCUT2D eigenvalue weighted by atomic mass is 10.0. The molecule has 0 atom stereocenters. The van der Waals surface area contributed by atoms with Crippen molar-refractivity contribution >= 4 is 11.6 Å². The Labute approximate surface area is 117 Å². The zero-order valence-electron chi connectivity index (χ0n) is 10.9. The van der Waals surface area contributed by atoms with Gasteiger partial charge in [0.2, 0.25) is 5.88 Å². The van der Waals surface area contributed by atoms with E-state index in [-0.39, 0.29) is 5.88 Å². The van der Waals surface area contributed by atoms with Gasteiger partial charge in [0, 0.05) is 5.56 Å². The van der Waals surface area contributed by atoms with E-state index in [4.69, 9.17) is 16.3 Å². The highest BCUT2D eigenvalue weighted by Gasteiger charge is 2.12. The second-order valence-electron chi connectivity index (χ2n) is 4.55. The van der Waals surface area contributed by atoms with Gasteiger partial charge in [-0.05, 0) is 23.6 Å². The SMILES string of the molecule is CC(C)c1ccccc1Oc1ncc(F)cc1CCl. The van der Waals surface area contributed by atoms with E-state index in [9.17, 15) is 4.39 Å². The van der Waals surface area contributed by atoms with Crippen LogP contribution in [0.25, 0.3) is 0 Å². The third kappa shape index (κ3) is 3.24. The second kappa shape index (κ2) is 6.02. The van der Waals surface area contributed by atoms with Crippen LogP contribution in [0.3, 0.4) is 0 Å². The molecule has 4 heteroatoms. The van der Waals surface area contributed by atoms with Gasteiger partial charge in [0.25, 0.3) is 0 Å². The minimum atomic E-state index is -0.417. The van der Waals surface area contributed by atoms with Crippen molar-refractivity contribution in [1.82, 2.24) is 4.98 Å². The maximum atomic E-state index is 13.1. The number of alkyl halides is 1. The van der Waals surface area contributed by atoms with Crippen LogP contribution in [0.1, 0.15) is 30.9 Å². The van der Waals surface area contributed by atoms with Crippen LogP contribution in [0, 0.1) is 5.82 Å². The largest absolute Gasteiger partial charge is 0.438 e. The van der Waals surface area contributed by atoms with Gasteiger partial charge in [-0.2, -0.15) is 0 Å². The molecule has 0 aliphatic heterocycles. The standard InChI is InChI=1S/C15H15ClFNO/c1-10(2)13-5-3-4-6-14(13)19-15-11(8-16)7-12(17)9-18-15/h3-7,9-10H,8H2,1-2H3. The molecule has 0 spiro atoms. The van der Waals surface area contributed by atoms with Crippen LogP contribution in [0.4, 0.5) is 4.39 Å². The van der Waals surface area contributed by atoms with E-state index in [1.807, 2.05) is 24.3 Å². The zero-order valence-corrected chi connectivity index (χ0v) is 11.6. The van der Waals surface area contributed by atoms with Crippen LogP contribution in [0.2, 0.25) is 0 Å². The molecule has 0 saturated carbocycles. The van der Waals surface area contributed by atoms with Crippen molar-refractivity contribution in [3.05, 3.63) is 53.5 Å². The minimum absolute atomic E-state index is 0.157. The second-order valence-corrected chi connectivity index (χ2v) is 4.81. The minimum Gasteiger partial charge on any atom is -0.438 e.